The predicted molar refractivity (Wildman–Crippen MR) is 121 cm³/mol. The summed E-state index contributed by atoms with van der Waals surface area (Å²) >= 11 is 0. The zero-order chi connectivity index (χ0) is 22.3. The normalized spacial score (nSPS) is 21.4. The number of piperidine rings is 2. The van der Waals surface area contributed by atoms with Crippen molar-refractivity contribution in [2.24, 2.45) is 5.41 Å². The molecule has 0 amide bonds. The van der Waals surface area contributed by atoms with Gasteiger partial charge in [0.1, 0.15) is 18.2 Å². The maximum Gasteiger partial charge on any atom is 0.338 e. The van der Waals surface area contributed by atoms with E-state index in [0.717, 1.165) is 74.4 Å². The lowest BCUT2D eigenvalue weighted by Gasteiger charge is -2.47. The number of aliphatic hydroxyl groups is 1. The number of esters is 1. The van der Waals surface area contributed by atoms with Gasteiger partial charge in [0.2, 0.25) is 0 Å². The number of anilines is 2. The van der Waals surface area contributed by atoms with Gasteiger partial charge in [0, 0.05) is 25.2 Å². The maximum absolute atomic E-state index is 11.8. The van der Waals surface area contributed by atoms with Crippen LogP contribution in [-0.2, 0) is 11.3 Å². The molecular weight excluding hydrogens is 406 g/mol. The van der Waals surface area contributed by atoms with Crippen molar-refractivity contribution >= 4 is 17.6 Å². The van der Waals surface area contributed by atoms with Crippen molar-refractivity contribution in [2.75, 3.05) is 43.4 Å². The minimum absolute atomic E-state index is 0.265. The van der Waals surface area contributed by atoms with Crippen molar-refractivity contribution in [1.29, 1.82) is 0 Å². The van der Waals surface area contributed by atoms with Crippen LogP contribution in [0.25, 0.3) is 0 Å². The number of carbonyl (C=O) groups is 1. The van der Waals surface area contributed by atoms with Gasteiger partial charge < -0.3 is 25.4 Å². The highest BCUT2D eigenvalue weighted by Crippen LogP contribution is 2.42. The topological polar surface area (TPSA) is 105 Å². The van der Waals surface area contributed by atoms with E-state index in [1.54, 1.807) is 18.5 Å². The van der Waals surface area contributed by atoms with Crippen LogP contribution in [-0.4, -0.2) is 58.7 Å². The minimum Gasteiger partial charge on any atom is -0.457 e. The number of rotatable bonds is 4. The van der Waals surface area contributed by atoms with Gasteiger partial charge in [-0.2, -0.15) is 0 Å². The number of benzene rings is 1. The molecule has 8 heteroatoms. The molecule has 0 radical (unpaired) electrons. The predicted octanol–water partition coefficient (Wildman–Crippen LogP) is 2.45. The summed E-state index contributed by atoms with van der Waals surface area (Å²) in [5.41, 5.74) is 9.61. The SMILES string of the molecule is Cc1c(C(O)CN2CCC3(CC2)CCN(c2cncc(N)n2)CC3)ccc2c1COC2=O. The van der Waals surface area contributed by atoms with Crippen LogP contribution in [0.5, 0.6) is 0 Å². The van der Waals surface area contributed by atoms with Crippen LogP contribution in [0.1, 0.15) is 58.8 Å². The third-order valence-electron chi connectivity index (χ3n) is 7.70. The number of aliphatic hydroxyl groups excluding tert-OH is 1. The first-order valence-corrected chi connectivity index (χ1v) is 11.5. The number of nitrogen functional groups attached to an aromatic ring is 1. The number of cyclic esters (lactones) is 1. The third kappa shape index (κ3) is 3.93. The fraction of sp³-hybridized carbons (Fsp3) is 0.542. The number of nitrogens with zero attached hydrogens (tertiary/aromatic N) is 4. The molecule has 0 bridgehead atoms. The highest BCUT2D eigenvalue weighted by Gasteiger charge is 2.38. The van der Waals surface area contributed by atoms with E-state index >= 15 is 0 Å². The highest BCUT2D eigenvalue weighted by molar-refractivity contribution is 5.93. The summed E-state index contributed by atoms with van der Waals surface area (Å²) in [4.78, 5) is 25.0. The Labute approximate surface area is 188 Å². The quantitative estimate of drug-likeness (QED) is 0.703. The van der Waals surface area contributed by atoms with Crippen molar-refractivity contribution in [3.63, 3.8) is 0 Å². The number of hydrogen-bond acceptors (Lipinski definition) is 8. The molecule has 3 N–H and O–H groups in total. The minimum atomic E-state index is -0.561. The molecule has 5 rings (SSSR count). The Balaban J connectivity index is 1.16. The van der Waals surface area contributed by atoms with Gasteiger partial charge in [-0.05, 0) is 68.3 Å². The molecule has 1 spiro atoms. The molecule has 2 fully saturated rings. The van der Waals surface area contributed by atoms with Crippen molar-refractivity contribution in [2.45, 2.75) is 45.3 Å². The molecule has 1 atom stereocenters. The van der Waals surface area contributed by atoms with E-state index in [2.05, 4.69) is 19.8 Å². The average molecular weight is 438 g/mol. The number of ether oxygens (including phenoxy) is 1. The van der Waals surface area contributed by atoms with Gasteiger partial charge in [-0.15, -0.1) is 0 Å². The van der Waals surface area contributed by atoms with Gasteiger partial charge in [0.15, 0.2) is 0 Å². The molecule has 3 aliphatic heterocycles. The van der Waals surface area contributed by atoms with Crippen LogP contribution < -0.4 is 10.6 Å². The monoisotopic (exact) mass is 437 g/mol. The fourth-order valence-corrected chi connectivity index (χ4v) is 5.51. The molecule has 170 valence electrons. The van der Waals surface area contributed by atoms with E-state index in [4.69, 9.17) is 10.5 Å². The first kappa shape index (κ1) is 21.2. The van der Waals surface area contributed by atoms with Gasteiger partial charge in [-0.25, -0.2) is 9.78 Å². The van der Waals surface area contributed by atoms with E-state index in [-0.39, 0.29) is 5.97 Å². The second kappa shape index (κ2) is 8.33. The number of aromatic nitrogens is 2. The average Bonchev–Trinajstić information content (AvgIpc) is 3.18. The Hall–Kier alpha value is -2.71. The van der Waals surface area contributed by atoms with E-state index in [9.17, 15) is 9.90 Å². The van der Waals surface area contributed by atoms with E-state index < -0.39 is 6.10 Å². The van der Waals surface area contributed by atoms with Crippen molar-refractivity contribution in [3.05, 3.63) is 46.8 Å². The standard InChI is InChI=1S/C24H31N5O3/c1-16-17(2-3-18-19(16)15-32-23(18)31)20(30)14-28-8-4-24(5-9-28)6-10-29(11-7-24)22-13-26-12-21(25)27-22/h2-3,12-13,20,30H,4-11,14-15H2,1H3,(H2,25,27). The summed E-state index contributed by atoms with van der Waals surface area (Å²) in [7, 11) is 0. The number of likely N-dealkylation sites (tertiary alicyclic amines) is 1. The number of β-amino-alcohol motifs (C(OH)–C–C–N with tert-alkyl or cyclic N) is 1. The van der Waals surface area contributed by atoms with Gasteiger partial charge >= 0.3 is 5.97 Å². The number of hydrogen-bond donors (Lipinski definition) is 2. The molecule has 0 saturated carbocycles. The molecule has 2 saturated heterocycles. The molecule has 1 unspecified atom stereocenters. The Morgan fingerprint density at radius 2 is 1.88 bits per heavy atom. The van der Waals surface area contributed by atoms with Crippen LogP contribution >= 0.6 is 0 Å². The van der Waals surface area contributed by atoms with Crippen LogP contribution in [0, 0.1) is 12.3 Å². The lowest BCUT2D eigenvalue weighted by molar-refractivity contribution is 0.0447. The summed E-state index contributed by atoms with van der Waals surface area (Å²) in [6, 6.07) is 3.67. The molecule has 4 heterocycles. The molecule has 32 heavy (non-hydrogen) atoms. The summed E-state index contributed by atoms with van der Waals surface area (Å²) in [6.45, 7) is 6.87. The zero-order valence-corrected chi connectivity index (χ0v) is 18.6. The van der Waals surface area contributed by atoms with Crippen molar-refractivity contribution in [1.82, 2.24) is 14.9 Å². The van der Waals surface area contributed by atoms with Crippen molar-refractivity contribution < 1.29 is 14.6 Å². The Bertz CT molecular complexity index is 1010. The molecular formula is C24H31N5O3. The molecule has 1 aromatic heterocycles. The van der Waals surface area contributed by atoms with Gasteiger partial charge in [-0.1, -0.05) is 6.07 Å². The summed E-state index contributed by atoms with van der Waals surface area (Å²) < 4.78 is 5.15. The number of carbonyl (C=O) groups excluding carboxylic acids is 1. The van der Waals surface area contributed by atoms with E-state index in [1.807, 2.05) is 13.0 Å². The summed E-state index contributed by atoms with van der Waals surface area (Å²) in [5, 5.41) is 10.9. The molecule has 0 aliphatic carbocycles. The molecule has 1 aromatic carbocycles. The molecule has 3 aliphatic rings. The second-order valence-corrected chi connectivity index (χ2v) is 9.49. The summed E-state index contributed by atoms with van der Waals surface area (Å²) in [6.07, 6.45) is 7.42. The fourth-order valence-electron chi connectivity index (χ4n) is 5.51. The molecule has 8 nitrogen and oxygen atoms in total. The smallest absolute Gasteiger partial charge is 0.338 e. The number of fused-ring (bicyclic) bond motifs is 1. The van der Waals surface area contributed by atoms with Gasteiger partial charge in [-0.3, -0.25) is 4.98 Å². The van der Waals surface area contributed by atoms with Gasteiger partial charge in [0.05, 0.1) is 24.1 Å². The number of nitrogens with two attached hydrogens (primary N) is 1. The van der Waals surface area contributed by atoms with E-state index in [1.165, 1.54) is 0 Å². The zero-order valence-electron chi connectivity index (χ0n) is 18.6. The molecule has 2 aromatic rings. The Morgan fingerprint density at radius 1 is 1.16 bits per heavy atom. The second-order valence-electron chi connectivity index (χ2n) is 9.49. The first-order valence-electron chi connectivity index (χ1n) is 11.5. The summed E-state index contributed by atoms with van der Waals surface area (Å²) in [5.74, 6) is 1.07. The van der Waals surface area contributed by atoms with Gasteiger partial charge in [0.25, 0.3) is 0 Å². The van der Waals surface area contributed by atoms with Crippen LogP contribution in [0.4, 0.5) is 11.6 Å². The maximum atomic E-state index is 11.8. The van der Waals surface area contributed by atoms with Crippen LogP contribution in [0.2, 0.25) is 0 Å². The Morgan fingerprint density at radius 3 is 2.59 bits per heavy atom. The Kier molecular flexibility index (Phi) is 5.51. The first-order chi connectivity index (χ1) is 15.4. The lowest BCUT2D eigenvalue weighted by Crippen LogP contribution is -2.47. The van der Waals surface area contributed by atoms with Crippen LogP contribution in [0.15, 0.2) is 24.5 Å². The lowest BCUT2D eigenvalue weighted by atomic mass is 9.71. The van der Waals surface area contributed by atoms with Crippen LogP contribution in [0.3, 0.4) is 0 Å². The third-order valence-corrected chi connectivity index (χ3v) is 7.70. The largest absolute Gasteiger partial charge is 0.457 e. The van der Waals surface area contributed by atoms with Crippen molar-refractivity contribution in [3.8, 4) is 0 Å². The highest BCUT2D eigenvalue weighted by atomic mass is 16.5. The van der Waals surface area contributed by atoms with E-state index in [0.29, 0.717) is 29.9 Å².